The van der Waals surface area contributed by atoms with Gasteiger partial charge in [-0.25, -0.2) is 9.78 Å². The maximum atomic E-state index is 14.2. The topological polar surface area (TPSA) is 156 Å². The lowest BCUT2D eigenvalue weighted by Gasteiger charge is -2.34. The third-order valence-electron chi connectivity index (χ3n) is 10.1. The molecular formula is C38H54N8O4. The first kappa shape index (κ1) is 37.0. The Balaban J connectivity index is 1.30. The zero-order chi connectivity index (χ0) is 35.1. The molecule has 4 amide bonds. The highest BCUT2D eigenvalue weighted by Crippen LogP contribution is 2.29. The van der Waals surface area contributed by atoms with Gasteiger partial charge in [-0.1, -0.05) is 68.5 Å². The van der Waals surface area contributed by atoms with Crippen molar-refractivity contribution in [3.63, 3.8) is 0 Å². The van der Waals surface area contributed by atoms with E-state index in [9.17, 15) is 19.5 Å². The number of rotatable bonds is 16. The lowest BCUT2D eigenvalue weighted by molar-refractivity contribution is -0.131. The third kappa shape index (κ3) is 11.7. The number of nitrogens with one attached hydrogen (secondary N) is 4. The van der Waals surface area contributed by atoms with Gasteiger partial charge in [0.15, 0.2) is 0 Å². The summed E-state index contributed by atoms with van der Waals surface area (Å²) >= 11 is 0. The first-order valence-corrected chi connectivity index (χ1v) is 18.3. The Labute approximate surface area is 295 Å². The average Bonchev–Trinajstić information content (AvgIpc) is 3.65. The van der Waals surface area contributed by atoms with Crippen molar-refractivity contribution in [2.45, 2.75) is 94.9 Å². The van der Waals surface area contributed by atoms with Crippen molar-refractivity contribution in [1.82, 2.24) is 40.7 Å². The Morgan fingerprint density at radius 2 is 1.62 bits per heavy atom. The SMILES string of the molecule is CN1CCN(C(=O)N[C@@H](Cc2ccccc2)C(=O)N[C@@H](Cc2cnc[nH]2)C(=O)N[C@@H](CC2CCCCC2)[C@@H](O)CCCc2ccccn2)CC1. The molecule has 12 heteroatoms. The summed E-state index contributed by atoms with van der Waals surface area (Å²) in [7, 11) is 2.02. The van der Waals surface area contributed by atoms with Crippen LogP contribution in [0.4, 0.5) is 4.79 Å². The fourth-order valence-electron chi connectivity index (χ4n) is 7.02. The maximum absolute atomic E-state index is 14.2. The van der Waals surface area contributed by atoms with Crippen LogP contribution in [0, 0.1) is 5.92 Å². The van der Waals surface area contributed by atoms with Gasteiger partial charge in [0.25, 0.3) is 0 Å². The second-order valence-corrected chi connectivity index (χ2v) is 14.0. The predicted octanol–water partition coefficient (Wildman–Crippen LogP) is 3.24. The first-order chi connectivity index (χ1) is 24.3. The molecule has 4 atom stereocenters. The van der Waals surface area contributed by atoms with E-state index in [0.717, 1.165) is 62.9 Å². The van der Waals surface area contributed by atoms with Crippen LogP contribution in [0.3, 0.4) is 0 Å². The molecule has 1 saturated heterocycles. The quantitative estimate of drug-likeness (QED) is 0.155. The summed E-state index contributed by atoms with van der Waals surface area (Å²) in [6, 6.07) is 12.7. The fourth-order valence-corrected chi connectivity index (χ4v) is 7.02. The summed E-state index contributed by atoms with van der Waals surface area (Å²) in [6.07, 6.45) is 13.0. The van der Waals surface area contributed by atoms with Gasteiger partial charge in [-0.05, 0) is 56.3 Å². The van der Waals surface area contributed by atoms with Crippen LogP contribution in [-0.4, -0.2) is 105 Å². The number of pyridine rings is 1. The number of amides is 4. The molecule has 270 valence electrons. The van der Waals surface area contributed by atoms with E-state index in [0.29, 0.717) is 37.5 Å². The number of aliphatic hydroxyl groups is 1. The smallest absolute Gasteiger partial charge is 0.318 e. The molecule has 0 radical (unpaired) electrons. The number of aryl methyl sites for hydroxylation is 1. The predicted molar refractivity (Wildman–Crippen MR) is 192 cm³/mol. The molecule has 2 aliphatic rings. The number of benzene rings is 1. The number of hydrogen-bond donors (Lipinski definition) is 5. The summed E-state index contributed by atoms with van der Waals surface area (Å²) in [5.41, 5.74) is 2.55. The molecule has 5 rings (SSSR count). The Morgan fingerprint density at radius 1 is 0.900 bits per heavy atom. The number of nitrogens with zero attached hydrogens (tertiary/aromatic N) is 4. The second-order valence-electron chi connectivity index (χ2n) is 14.0. The van der Waals surface area contributed by atoms with Crippen LogP contribution in [0.1, 0.15) is 68.3 Å². The molecule has 0 unspecified atom stereocenters. The lowest BCUT2D eigenvalue weighted by atomic mass is 9.83. The van der Waals surface area contributed by atoms with Crippen LogP contribution in [0.15, 0.2) is 67.3 Å². The summed E-state index contributed by atoms with van der Waals surface area (Å²) in [5.74, 6) is -0.405. The van der Waals surface area contributed by atoms with E-state index >= 15 is 0 Å². The second kappa shape index (κ2) is 19.2. The number of H-pyrrole nitrogens is 1. The van der Waals surface area contributed by atoms with Crippen LogP contribution in [0.5, 0.6) is 0 Å². The normalized spacial score (nSPS) is 18.1. The molecule has 5 N–H and O–H groups in total. The number of hydrogen-bond acceptors (Lipinski definition) is 7. The summed E-state index contributed by atoms with van der Waals surface area (Å²) in [6.45, 7) is 2.65. The van der Waals surface area contributed by atoms with Crippen molar-refractivity contribution in [1.29, 1.82) is 0 Å². The van der Waals surface area contributed by atoms with Crippen molar-refractivity contribution >= 4 is 17.8 Å². The Bertz CT molecular complexity index is 1440. The Hall–Kier alpha value is -4.29. The van der Waals surface area contributed by atoms with Crippen LogP contribution in [0.25, 0.3) is 0 Å². The molecule has 2 aromatic heterocycles. The van der Waals surface area contributed by atoms with Crippen LogP contribution < -0.4 is 16.0 Å². The van der Waals surface area contributed by atoms with Crippen molar-refractivity contribution in [2.75, 3.05) is 33.2 Å². The number of carbonyl (C=O) groups excluding carboxylic acids is 3. The van der Waals surface area contributed by atoms with Gasteiger partial charge in [-0.15, -0.1) is 0 Å². The summed E-state index contributed by atoms with van der Waals surface area (Å²) < 4.78 is 0. The molecule has 2 fully saturated rings. The number of aromatic amines is 1. The van der Waals surface area contributed by atoms with Crippen molar-refractivity contribution in [2.24, 2.45) is 5.92 Å². The van der Waals surface area contributed by atoms with Crippen LogP contribution in [-0.2, 0) is 28.9 Å². The van der Waals surface area contributed by atoms with Gasteiger partial charge >= 0.3 is 6.03 Å². The lowest BCUT2D eigenvalue weighted by Crippen LogP contribution is -2.59. The molecule has 1 aliphatic carbocycles. The number of aromatic nitrogens is 3. The zero-order valence-corrected chi connectivity index (χ0v) is 29.3. The van der Waals surface area contributed by atoms with Gasteiger partial charge in [-0.2, -0.15) is 0 Å². The minimum absolute atomic E-state index is 0.175. The highest BCUT2D eigenvalue weighted by Gasteiger charge is 2.32. The van der Waals surface area contributed by atoms with Gasteiger partial charge < -0.3 is 35.8 Å². The highest BCUT2D eigenvalue weighted by atomic mass is 16.3. The largest absolute Gasteiger partial charge is 0.391 e. The third-order valence-corrected chi connectivity index (χ3v) is 10.1. The van der Waals surface area contributed by atoms with Gasteiger partial charge in [-0.3, -0.25) is 14.6 Å². The van der Waals surface area contributed by atoms with Crippen LogP contribution >= 0.6 is 0 Å². The number of likely N-dealkylation sites (N-methyl/N-ethyl adjacent to an activating group) is 1. The molecule has 12 nitrogen and oxygen atoms in total. The summed E-state index contributed by atoms with van der Waals surface area (Å²) in [5, 5.41) is 20.6. The van der Waals surface area contributed by atoms with Crippen LogP contribution in [0.2, 0.25) is 0 Å². The summed E-state index contributed by atoms with van der Waals surface area (Å²) in [4.78, 5) is 57.0. The number of urea groups is 1. The van der Waals surface area contributed by atoms with E-state index in [1.807, 2.05) is 55.6 Å². The van der Waals surface area contributed by atoms with E-state index < -0.39 is 30.1 Å². The fraction of sp³-hybridized carbons (Fsp3) is 0.553. The Morgan fingerprint density at radius 3 is 2.32 bits per heavy atom. The number of piperazine rings is 1. The van der Waals surface area contributed by atoms with E-state index in [1.165, 1.54) is 12.7 Å². The number of aliphatic hydroxyl groups excluding tert-OH is 1. The minimum atomic E-state index is -0.962. The molecule has 3 aromatic rings. The van der Waals surface area contributed by atoms with Gasteiger partial charge in [0.1, 0.15) is 12.1 Å². The number of carbonyl (C=O) groups is 3. The molecule has 50 heavy (non-hydrogen) atoms. The van der Waals surface area contributed by atoms with Gasteiger partial charge in [0.05, 0.1) is 18.5 Å². The monoisotopic (exact) mass is 686 g/mol. The van der Waals surface area contributed by atoms with E-state index in [4.69, 9.17) is 0 Å². The van der Waals surface area contributed by atoms with E-state index in [2.05, 4.69) is 35.8 Å². The maximum Gasteiger partial charge on any atom is 0.318 e. The molecule has 0 bridgehead atoms. The van der Waals surface area contributed by atoms with Gasteiger partial charge in [0.2, 0.25) is 11.8 Å². The van der Waals surface area contributed by atoms with Crippen molar-refractivity contribution < 1.29 is 19.5 Å². The minimum Gasteiger partial charge on any atom is -0.391 e. The van der Waals surface area contributed by atoms with Crippen molar-refractivity contribution in [3.05, 3.63) is 84.2 Å². The molecule has 0 spiro atoms. The average molecular weight is 687 g/mol. The Kier molecular flexibility index (Phi) is 14.2. The van der Waals surface area contributed by atoms with Crippen molar-refractivity contribution in [3.8, 4) is 0 Å². The molecule has 3 heterocycles. The first-order valence-electron chi connectivity index (χ1n) is 18.3. The highest BCUT2D eigenvalue weighted by molar-refractivity contribution is 5.92. The van der Waals surface area contributed by atoms with E-state index in [1.54, 1.807) is 17.3 Å². The molecule has 1 aromatic carbocycles. The zero-order valence-electron chi connectivity index (χ0n) is 29.3. The molecule has 1 aliphatic heterocycles. The van der Waals surface area contributed by atoms with Gasteiger partial charge in [0, 0.05) is 62.8 Å². The molecular weight excluding hydrogens is 632 g/mol. The standard InChI is InChI=1S/C38H54N8O4/c1-45-19-21-46(22-20-45)38(50)44-33(24-29-13-6-3-7-14-29)36(48)43-34(25-31-26-39-27-41-31)37(49)42-32(23-28-11-4-2-5-12-28)35(47)17-10-16-30-15-8-9-18-40-30/h3,6-9,13-15,18,26-28,32-35,47H,2,4-5,10-12,16-17,19-25H2,1H3,(H,39,41)(H,42,49)(H,43,48)(H,44,50)/t32-,33-,34-,35-/m0/s1. The van der Waals surface area contributed by atoms with E-state index in [-0.39, 0.29) is 24.8 Å². The number of imidazole rings is 1. The molecule has 1 saturated carbocycles.